The highest BCUT2D eigenvalue weighted by Gasteiger charge is 2.47. The number of guanidine groups is 1. The maximum absolute atomic E-state index is 13.1. The van der Waals surface area contributed by atoms with Gasteiger partial charge < -0.3 is 11.1 Å². The smallest absolute Gasteiger partial charge is 0.257 e. The Morgan fingerprint density at radius 1 is 1.22 bits per heavy atom. The van der Waals surface area contributed by atoms with Gasteiger partial charge >= 0.3 is 0 Å². The summed E-state index contributed by atoms with van der Waals surface area (Å²) in [7, 11) is 1.78. The van der Waals surface area contributed by atoms with Crippen LogP contribution in [0, 0.1) is 11.8 Å². The Hall–Kier alpha value is -1.36. The first-order valence-electron chi connectivity index (χ1n) is 11.0. The standard InChI is InChI=1S/C22H38N4O/c1-3-14-24-19-11-7-10-18(15-19)16-22(20(27)26(2)21(23)25-22)13-12-17-8-5-4-6-9-17/h3,17-19,24H,1,4-16H2,2H3,(H2,23,25)/t18?,19-,22+/m0/s1. The lowest BCUT2D eigenvalue weighted by Crippen LogP contribution is -2.45. The minimum absolute atomic E-state index is 0.122. The maximum Gasteiger partial charge on any atom is 0.257 e. The van der Waals surface area contributed by atoms with E-state index >= 15 is 0 Å². The van der Waals surface area contributed by atoms with Crippen LogP contribution in [0.5, 0.6) is 0 Å². The molecule has 0 aromatic heterocycles. The Balaban J connectivity index is 1.66. The molecule has 0 aromatic carbocycles. The number of nitrogens with zero attached hydrogens (tertiary/aromatic N) is 2. The highest BCUT2D eigenvalue weighted by molar-refractivity contribution is 6.06. The zero-order valence-electron chi connectivity index (χ0n) is 17.1. The first-order chi connectivity index (χ1) is 13.0. The summed E-state index contributed by atoms with van der Waals surface area (Å²) >= 11 is 0. The number of hydrogen-bond acceptors (Lipinski definition) is 4. The molecule has 1 amide bonds. The molecule has 0 spiro atoms. The average Bonchev–Trinajstić information content (AvgIpc) is 2.90. The quantitative estimate of drug-likeness (QED) is 0.638. The molecule has 2 fully saturated rings. The summed E-state index contributed by atoms with van der Waals surface area (Å²) in [6, 6.07) is 0.535. The highest BCUT2D eigenvalue weighted by Crippen LogP contribution is 2.40. The van der Waals surface area contributed by atoms with Gasteiger partial charge in [-0.1, -0.05) is 51.0 Å². The molecule has 1 unspecified atom stereocenters. The number of rotatable bonds is 8. The number of amides is 1. The van der Waals surface area contributed by atoms with Crippen molar-refractivity contribution in [1.29, 1.82) is 0 Å². The van der Waals surface area contributed by atoms with E-state index in [0.717, 1.165) is 38.1 Å². The summed E-state index contributed by atoms with van der Waals surface area (Å²) in [5.74, 6) is 1.83. The van der Waals surface area contributed by atoms with Crippen molar-refractivity contribution >= 4 is 11.9 Å². The molecule has 0 radical (unpaired) electrons. The number of carbonyl (C=O) groups is 1. The van der Waals surface area contributed by atoms with Gasteiger partial charge in [-0.15, -0.1) is 6.58 Å². The van der Waals surface area contributed by atoms with Gasteiger partial charge in [-0.3, -0.25) is 9.69 Å². The van der Waals surface area contributed by atoms with Crippen molar-refractivity contribution in [1.82, 2.24) is 10.2 Å². The van der Waals surface area contributed by atoms with Crippen molar-refractivity contribution in [3.05, 3.63) is 12.7 Å². The molecule has 1 heterocycles. The van der Waals surface area contributed by atoms with E-state index in [1.54, 1.807) is 11.9 Å². The topological polar surface area (TPSA) is 70.7 Å². The van der Waals surface area contributed by atoms with E-state index < -0.39 is 5.54 Å². The number of hydrogen-bond donors (Lipinski definition) is 2. The molecule has 2 saturated carbocycles. The molecule has 2 aliphatic carbocycles. The fourth-order valence-corrected chi connectivity index (χ4v) is 5.46. The minimum Gasteiger partial charge on any atom is -0.369 e. The van der Waals surface area contributed by atoms with Crippen molar-refractivity contribution < 1.29 is 4.79 Å². The predicted octanol–water partition coefficient (Wildman–Crippen LogP) is 3.60. The normalized spacial score (nSPS) is 32.6. The molecule has 3 rings (SSSR count). The van der Waals surface area contributed by atoms with E-state index in [4.69, 9.17) is 10.7 Å². The lowest BCUT2D eigenvalue weighted by atomic mass is 9.74. The van der Waals surface area contributed by atoms with Crippen LogP contribution in [0.3, 0.4) is 0 Å². The van der Waals surface area contributed by atoms with Gasteiger partial charge in [-0.2, -0.15) is 0 Å². The summed E-state index contributed by atoms with van der Waals surface area (Å²) in [6.07, 6.45) is 16.2. The van der Waals surface area contributed by atoms with E-state index in [-0.39, 0.29) is 5.91 Å². The van der Waals surface area contributed by atoms with Crippen LogP contribution in [0.1, 0.15) is 77.0 Å². The molecule has 0 saturated heterocycles. The van der Waals surface area contributed by atoms with Gasteiger partial charge in [0.05, 0.1) is 0 Å². The molecule has 3 atom stereocenters. The molecule has 1 aliphatic heterocycles. The highest BCUT2D eigenvalue weighted by atomic mass is 16.2. The maximum atomic E-state index is 13.1. The Morgan fingerprint density at radius 3 is 2.63 bits per heavy atom. The Labute approximate surface area is 164 Å². The van der Waals surface area contributed by atoms with Crippen LogP contribution < -0.4 is 11.1 Å². The Kier molecular flexibility index (Phi) is 6.96. The molecule has 0 aromatic rings. The van der Waals surface area contributed by atoms with Gasteiger partial charge in [0.1, 0.15) is 5.54 Å². The summed E-state index contributed by atoms with van der Waals surface area (Å²) in [6.45, 7) is 4.67. The van der Waals surface area contributed by atoms with Crippen molar-refractivity contribution in [2.24, 2.45) is 22.6 Å². The van der Waals surface area contributed by atoms with Crippen LogP contribution in [0.2, 0.25) is 0 Å². The van der Waals surface area contributed by atoms with Crippen LogP contribution in [-0.4, -0.2) is 41.9 Å². The van der Waals surface area contributed by atoms with E-state index in [1.165, 1.54) is 51.4 Å². The fourth-order valence-electron chi connectivity index (χ4n) is 5.46. The van der Waals surface area contributed by atoms with Crippen LogP contribution in [0.4, 0.5) is 0 Å². The third-order valence-corrected chi connectivity index (χ3v) is 7.03. The molecule has 0 bridgehead atoms. The summed E-state index contributed by atoms with van der Waals surface area (Å²) in [5.41, 5.74) is 5.47. The Bertz CT molecular complexity index is 555. The molecule has 3 N–H and O–H groups in total. The third-order valence-electron chi connectivity index (χ3n) is 7.03. The molecule has 3 aliphatic rings. The number of likely N-dealkylation sites (N-methyl/N-ethyl adjacent to an activating group) is 1. The fraction of sp³-hybridized carbons (Fsp3) is 0.818. The second kappa shape index (κ2) is 9.22. The molecular formula is C22H38N4O. The van der Waals surface area contributed by atoms with Gasteiger partial charge in [0, 0.05) is 19.6 Å². The van der Waals surface area contributed by atoms with Gasteiger partial charge in [-0.05, 0) is 43.9 Å². The number of nitrogens with one attached hydrogen (secondary N) is 1. The molecule has 27 heavy (non-hydrogen) atoms. The average molecular weight is 375 g/mol. The second-order valence-electron chi connectivity index (χ2n) is 9.04. The van der Waals surface area contributed by atoms with Crippen LogP contribution in [0.15, 0.2) is 17.6 Å². The lowest BCUT2D eigenvalue weighted by Gasteiger charge is -2.35. The Morgan fingerprint density at radius 2 is 1.96 bits per heavy atom. The van der Waals surface area contributed by atoms with Crippen molar-refractivity contribution in [2.45, 2.75) is 88.6 Å². The van der Waals surface area contributed by atoms with Gasteiger partial charge in [0.25, 0.3) is 5.91 Å². The summed E-state index contributed by atoms with van der Waals surface area (Å²) in [5, 5.41) is 3.58. The van der Waals surface area contributed by atoms with Gasteiger partial charge in [-0.25, -0.2) is 4.99 Å². The molecule has 5 nitrogen and oxygen atoms in total. The third kappa shape index (κ3) is 4.92. The van der Waals surface area contributed by atoms with Gasteiger partial charge in [0.2, 0.25) is 0 Å². The predicted molar refractivity (Wildman–Crippen MR) is 111 cm³/mol. The van der Waals surface area contributed by atoms with Crippen molar-refractivity contribution in [3.8, 4) is 0 Å². The van der Waals surface area contributed by atoms with E-state index in [0.29, 0.717) is 17.9 Å². The molecular weight excluding hydrogens is 336 g/mol. The summed E-state index contributed by atoms with van der Waals surface area (Å²) in [4.78, 5) is 19.5. The van der Waals surface area contributed by atoms with E-state index in [2.05, 4.69) is 11.9 Å². The van der Waals surface area contributed by atoms with Crippen LogP contribution >= 0.6 is 0 Å². The van der Waals surface area contributed by atoms with Crippen molar-refractivity contribution in [3.63, 3.8) is 0 Å². The zero-order chi connectivity index (χ0) is 19.3. The number of aliphatic imine (C=N–C) groups is 1. The largest absolute Gasteiger partial charge is 0.369 e. The molecule has 5 heteroatoms. The van der Waals surface area contributed by atoms with Crippen LogP contribution in [0.25, 0.3) is 0 Å². The monoisotopic (exact) mass is 374 g/mol. The van der Waals surface area contributed by atoms with Crippen LogP contribution in [-0.2, 0) is 4.79 Å². The molecule has 152 valence electrons. The van der Waals surface area contributed by atoms with E-state index in [1.807, 2.05) is 6.08 Å². The zero-order valence-corrected chi connectivity index (χ0v) is 17.1. The SMILES string of the molecule is C=CCN[C@H]1CCCC(C[C@@]2(CCC3CCCCC3)N=C(N)N(C)C2=O)C1. The second-order valence-corrected chi connectivity index (χ2v) is 9.04. The van der Waals surface area contributed by atoms with Gasteiger partial charge in [0.15, 0.2) is 5.96 Å². The number of nitrogens with two attached hydrogens (primary N) is 1. The first kappa shape index (κ1) is 20.4. The van der Waals surface area contributed by atoms with Crippen molar-refractivity contribution in [2.75, 3.05) is 13.6 Å². The summed E-state index contributed by atoms with van der Waals surface area (Å²) < 4.78 is 0. The lowest BCUT2D eigenvalue weighted by molar-refractivity contribution is -0.131. The minimum atomic E-state index is -0.610. The van der Waals surface area contributed by atoms with E-state index in [9.17, 15) is 4.79 Å². The number of carbonyl (C=O) groups excluding carboxylic acids is 1. The first-order valence-corrected chi connectivity index (χ1v) is 11.0.